The molecule has 4 aliphatic rings. The van der Waals surface area contributed by atoms with Crippen LogP contribution in [0, 0.1) is 11.8 Å². The minimum atomic E-state index is -0.390. The number of likely N-dealkylation sites (N-methyl/N-ethyl adjacent to an activating group) is 1. The fourth-order valence-corrected chi connectivity index (χ4v) is 6.07. The average Bonchev–Trinajstić information content (AvgIpc) is 2.89. The Bertz CT molecular complexity index is 675. The Morgan fingerprint density at radius 3 is 3.00 bits per heavy atom. The number of piperidine rings is 1. The number of hydrogen-bond donors (Lipinski definition) is 1. The van der Waals surface area contributed by atoms with Crippen LogP contribution in [-0.4, -0.2) is 49.0 Å². The van der Waals surface area contributed by atoms with E-state index in [-0.39, 0.29) is 17.4 Å². The van der Waals surface area contributed by atoms with Crippen molar-refractivity contribution in [3.63, 3.8) is 0 Å². The van der Waals surface area contributed by atoms with Crippen LogP contribution in [0.25, 0.3) is 0 Å². The maximum absolute atomic E-state index is 10.9. The third-order valence-electron chi connectivity index (χ3n) is 7.16. The van der Waals surface area contributed by atoms with Gasteiger partial charge in [0.15, 0.2) is 11.5 Å². The Kier molecular flexibility index (Phi) is 2.71. The summed E-state index contributed by atoms with van der Waals surface area (Å²) in [4.78, 5) is 2.53. The number of likely N-dealkylation sites (tertiary alicyclic amines) is 1. The molecule has 0 amide bonds. The number of rotatable bonds is 1. The van der Waals surface area contributed by atoms with Crippen LogP contribution in [0.4, 0.5) is 0 Å². The van der Waals surface area contributed by atoms with Gasteiger partial charge in [-0.15, -0.1) is 0 Å². The third-order valence-corrected chi connectivity index (χ3v) is 7.16. The number of hydrogen-bond acceptors (Lipinski definition) is 4. The molecule has 1 spiro atoms. The summed E-state index contributed by atoms with van der Waals surface area (Å²) in [6.45, 7) is 3.25. The van der Waals surface area contributed by atoms with Gasteiger partial charge in [-0.2, -0.15) is 0 Å². The molecule has 2 aliphatic heterocycles. The fourth-order valence-electron chi connectivity index (χ4n) is 6.07. The topological polar surface area (TPSA) is 41.9 Å². The van der Waals surface area contributed by atoms with Gasteiger partial charge in [0, 0.05) is 17.0 Å². The highest BCUT2D eigenvalue weighted by molar-refractivity contribution is 5.61. The molecule has 5 rings (SSSR count). The van der Waals surface area contributed by atoms with Gasteiger partial charge in [0.2, 0.25) is 0 Å². The van der Waals surface area contributed by atoms with Crippen LogP contribution in [0.1, 0.15) is 30.9 Å². The van der Waals surface area contributed by atoms with E-state index in [2.05, 4.69) is 24.9 Å². The van der Waals surface area contributed by atoms with Gasteiger partial charge in [-0.05, 0) is 56.3 Å². The number of methoxy groups -OCH3 is 1. The van der Waals surface area contributed by atoms with Crippen LogP contribution in [-0.2, 0) is 11.8 Å². The maximum Gasteiger partial charge on any atom is 0.165 e. The maximum atomic E-state index is 10.9. The standard InChI is InChI=1S/C19H25NO3/c1-10-8-12-13-9-11-4-5-14(22-3)17-15(11)19(12,6-7-20(13)2)18(23-17)16(10)21/h4-5,10,12-13,16,18,21H,6-9H2,1-3H3/t10-,12+,13-,16+,18+,19+/m1/s1. The van der Waals surface area contributed by atoms with E-state index in [1.54, 1.807) is 7.11 Å². The van der Waals surface area contributed by atoms with Crippen LogP contribution in [0.5, 0.6) is 11.5 Å². The van der Waals surface area contributed by atoms with Crippen molar-refractivity contribution >= 4 is 0 Å². The summed E-state index contributed by atoms with van der Waals surface area (Å²) in [5.74, 6) is 2.60. The van der Waals surface area contributed by atoms with Gasteiger partial charge in [-0.25, -0.2) is 0 Å². The van der Waals surface area contributed by atoms with E-state index >= 15 is 0 Å². The molecule has 4 nitrogen and oxygen atoms in total. The molecule has 0 unspecified atom stereocenters. The number of benzene rings is 1. The van der Waals surface area contributed by atoms with Gasteiger partial charge in [0.25, 0.3) is 0 Å². The van der Waals surface area contributed by atoms with Gasteiger partial charge >= 0.3 is 0 Å². The first-order valence-corrected chi connectivity index (χ1v) is 8.83. The summed E-state index contributed by atoms with van der Waals surface area (Å²) >= 11 is 0. The Hall–Kier alpha value is -1.26. The summed E-state index contributed by atoms with van der Waals surface area (Å²) < 4.78 is 12.0. The molecule has 4 heteroatoms. The Morgan fingerprint density at radius 2 is 2.22 bits per heavy atom. The van der Waals surface area contributed by atoms with E-state index < -0.39 is 6.10 Å². The number of aliphatic hydroxyl groups is 1. The summed E-state index contributed by atoms with van der Waals surface area (Å²) in [5, 5.41) is 10.9. The zero-order valence-corrected chi connectivity index (χ0v) is 14.1. The minimum Gasteiger partial charge on any atom is -0.493 e. The molecule has 2 heterocycles. The Morgan fingerprint density at radius 1 is 1.39 bits per heavy atom. The van der Waals surface area contributed by atoms with E-state index in [0.717, 1.165) is 37.3 Å². The number of nitrogens with zero attached hydrogens (tertiary/aromatic N) is 1. The van der Waals surface area contributed by atoms with Crippen LogP contribution in [0.3, 0.4) is 0 Å². The van der Waals surface area contributed by atoms with Gasteiger partial charge in [0.05, 0.1) is 13.2 Å². The second-order valence-electron chi connectivity index (χ2n) is 8.02. The molecule has 2 aliphatic carbocycles. The highest BCUT2D eigenvalue weighted by atomic mass is 16.5. The average molecular weight is 315 g/mol. The summed E-state index contributed by atoms with van der Waals surface area (Å²) in [5.41, 5.74) is 2.75. The highest BCUT2D eigenvalue weighted by Gasteiger charge is 2.66. The fraction of sp³-hybridized carbons (Fsp3) is 0.684. The molecule has 1 saturated heterocycles. The lowest BCUT2D eigenvalue weighted by atomic mass is 9.50. The molecule has 1 saturated carbocycles. The lowest BCUT2D eigenvalue weighted by Crippen LogP contribution is -2.67. The van der Waals surface area contributed by atoms with Crippen molar-refractivity contribution in [2.24, 2.45) is 11.8 Å². The molecule has 1 aromatic rings. The third kappa shape index (κ3) is 1.50. The molecule has 2 bridgehead atoms. The second-order valence-corrected chi connectivity index (χ2v) is 8.02. The summed E-state index contributed by atoms with van der Waals surface area (Å²) in [6, 6.07) is 4.82. The van der Waals surface area contributed by atoms with Crippen LogP contribution in [0.2, 0.25) is 0 Å². The monoisotopic (exact) mass is 315 g/mol. The summed E-state index contributed by atoms with van der Waals surface area (Å²) in [7, 11) is 3.96. The van der Waals surface area contributed by atoms with Gasteiger partial charge in [-0.1, -0.05) is 13.0 Å². The molecule has 1 N–H and O–H groups in total. The summed E-state index contributed by atoms with van der Waals surface area (Å²) in [6.07, 6.45) is 2.75. The first kappa shape index (κ1) is 14.1. The smallest absolute Gasteiger partial charge is 0.165 e. The molecule has 2 fully saturated rings. The molecule has 124 valence electrons. The molecule has 0 aromatic heterocycles. The molecule has 0 radical (unpaired) electrons. The Labute approximate surface area is 137 Å². The van der Waals surface area contributed by atoms with Crippen LogP contribution >= 0.6 is 0 Å². The van der Waals surface area contributed by atoms with Crippen molar-refractivity contribution in [2.45, 2.75) is 49.9 Å². The van der Waals surface area contributed by atoms with Gasteiger partial charge in [0.1, 0.15) is 6.10 Å². The van der Waals surface area contributed by atoms with E-state index in [4.69, 9.17) is 9.47 Å². The SMILES string of the molecule is COc1ccc2c3c1O[C@H]1[C@@H](O)[C@H](C)C[C@H]4[C@@H](C2)N(C)CC[C@@]341. The second kappa shape index (κ2) is 4.42. The zero-order chi connectivity index (χ0) is 15.9. The van der Waals surface area contributed by atoms with E-state index in [0.29, 0.717) is 12.0 Å². The van der Waals surface area contributed by atoms with Crippen molar-refractivity contribution in [3.8, 4) is 11.5 Å². The number of aliphatic hydroxyl groups excluding tert-OH is 1. The Balaban J connectivity index is 1.79. The van der Waals surface area contributed by atoms with E-state index in [1.807, 2.05) is 6.07 Å². The normalized spacial score (nSPS) is 43.7. The highest BCUT2D eigenvalue weighted by Crippen LogP contribution is 2.64. The van der Waals surface area contributed by atoms with Crippen molar-refractivity contribution in [2.75, 3.05) is 20.7 Å². The predicted molar refractivity (Wildman–Crippen MR) is 87.1 cm³/mol. The lowest BCUT2D eigenvalue weighted by Gasteiger charge is -2.59. The zero-order valence-electron chi connectivity index (χ0n) is 14.1. The van der Waals surface area contributed by atoms with Crippen LogP contribution in [0.15, 0.2) is 12.1 Å². The van der Waals surface area contributed by atoms with Gasteiger partial charge < -0.3 is 19.5 Å². The molecule has 23 heavy (non-hydrogen) atoms. The molecular weight excluding hydrogens is 290 g/mol. The van der Waals surface area contributed by atoms with E-state index in [1.165, 1.54) is 11.1 Å². The van der Waals surface area contributed by atoms with Crippen molar-refractivity contribution in [1.82, 2.24) is 4.90 Å². The molecule has 1 aromatic carbocycles. The molecular formula is C19H25NO3. The first-order valence-electron chi connectivity index (χ1n) is 8.83. The molecule has 6 atom stereocenters. The van der Waals surface area contributed by atoms with Crippen LogP contribution < -0.4 is 9.47 Å². The lowest BCUT2D eigenvalue weighted by molar-refractivity contribution is -0.122. The van der Waals surface area contributed by atoms with Gasteiger partial charge in [-0.3, -0.25) is 0 Å². The first-order chi connectivity index (χ1) is 11.1. The predicted octanol–water partition coefficient (Wildman–Crippen LogP) is 1.97. The van der Waals surface area contributed by atoms with Crippen molar-refractivity contribution < 1.29 is 14.6 Å². The van der Waals surface area contributed by atoms with Crippen molar-refractivity contribution in [1.29, 1.82) is 0 Å². The minimum absolute atomic E-state index is 0.0133. The quantitative estimate of drug-likeness (QED) is 0.860. The van der Waals surface area contributed by atoms with Crippen molar-refractivity contribution in [3.05, 3.63) is 23.3 Å². The van der Waals surface area contributed by atoms with E-state index in [9.17, 15) is 5.11 Å². The number of ether oxygens (including phenoxy) is 2. The largest absolute Gasteiger partial charge is 0.493 e.